The molecule has 0 aliphatic carbocycles. The highest BCUT2D eigenvalue weighted by Gasteiger charge is 2.36. The average molecular weight is 378 g/mol. The largest absolute Gasteiger partial charge is 0.392 e. The molecule has 1 fully saturated rings. The lowest BCUT2D eigenvalue weighted by Crippen LogP contribution is -2.41. The number of carbonyl (C=O) groups excluding carboxylic acids is 2. The van der Waals surface area contributed by atoms with Crippen molar-refractivity contribution < 1.29 is 19.1 Å². The molecule has 150 valence electrons. The van der Waals surface area contributed by atoms with E-state index in [1.165, 1.54) is 25.3 Å². The lowest BCUT2D eigenvalue weighted by atomic mass is 9.95. The molecule has 1 heterocycles. The summed E-state index contributed by atoms with van der Waals surface area (Å²) < 4.78 is 14.7. The third kappa shape index (κ3) is 5.92. The van der Waals surface area contributed by atoms with Crippen molar-refractivity contribution in [3.8, 4) is 0 Å². The minimum Gasteiger partial charge on any atom is -0.392 e. The maximum absolute atomic E-state index is 14.7. The Bertz CT molecular complexity index is 623. The van der Waals surface area contributed by atoms with Gasteiger partial charge in [-0.1, -0.05) is 57.6 Å². The number of aldehydes is 1. The second-order valence-electron chi connectivity index (χ2n) is 7.25. The Kier molecular flexibility index (Phi) is 9.04. The van der Waals surface area contributed by atoms with Crippen LogP contribution in [0.4, 0.5) is 4.39 Å². The first-order chi connectivity index (χ1) is 13.1. The van der Waals surface area contributed by atoms with E-state index in [9.17, 15) is 19.1 Å². The Morgan fingerprint density at radius 3 is 2.74 bits per heavy atom. The number of carbonyl (C=O) groups is 2. The second-order valence-corrected chi connectivity index (χ2v) is 7.25. The van der Waals surface area contributed by atoms with Crippen molar-refractivity contribution in [1.82, 2.24) is 10.2 Å². The highest BCUT2D eigenvalue weighted by molar-refractivity contribution is 6.27. The molecule has 1 aliphatic heterocycles. The van der Waals surface area contributed by atoms with Gasteiger partial charge in [0.25, 0.3) is 0 Å². The van der Waals surface area contributed by atoms with Crippen LogP contribution in [0.3, 0.4) is 0 Å². The summed E-state index contributed by atoms with van der Waals surface area (Å²) in [6.07, 6.45) is 7.88. The molecule has 2 N–H and O–H groups in total. The molecule has 5 nitrogen and oxygen atoms in total. The zero-order valence-electron chi connectivity index (χ0n) is 16.1. The van der Waals surface area contributed by atoms with Crippen molar-refractivity contribution in [3.05, 3.63) is 35.1 Å². The van der Waals surface area contributed by atoms with Gasteiger partial charge >= 0.3 is 0 Å². The highest BCUT2D eigenvalue weighted by atomic mass is 19.1. The summed E-state index contributed by atoms with van der Waals surface area (Å²) in [5.74, 6) is -0.845. The molecular formula is C21H31FN2O3. The summed E-state index contributed by atoms with van der Waals surface area (Å²) in [7, 11) is 0. The second kappa shape index (κ2) is 11.3. The highest BCUT2D eigenvalue weighted by Crippen LogP contribution is 2.32. The van der Waals surface area contributed by atoms with E-state index in [-0.39, 0.29) is 18.5 Å². The minimum absolute atomic E-state index is 0.211. The van der Waals surface area contributed by atoms with Crippen LogP contribution in [0.15, 0.2) is 18.2 Å². The molecule has 2 atom stereocenters. The Labute approximate surface area is 160 Å². The number of aliphatic hydroxyl groups is 1. The average Bonchev–Trinajstić information content (AvgIpc) is 3.16. The van der Waals surface area contributed by atoms with Crippen LogP contribution < -0.4 is 5.32 Å². The summed E-state index contributed by atoms with van der Waals surface area (Å²) in [4.78, 5) is 24.9. The van der Waals surface area contributed by atoms with Gasteiger partial charge in [-0.2, -0.15) is 0 Å². The number of unbranched alkanes of at least 4 members (excludes halogenated alkanes) is 5. The number of rotatable bonds is 12. The van der Waals surface area contributed by atoms with Gasteiger partial charge in [-0.3, -0.25) is 14.5 Å². The van der Waals surface area contributed by atoms with Gasteiger partial charge in [-0.15, -0.1) is 0 Å². The number of aliphatic hydroxyl groups excluding tert-OH is 1. The molecule has 2 unspecified atom stereocenters. The van der Waals surface area contributed by atoms with Crippen LogP contribution in [0.1, 0.15) is 69.0 Å². The summed E-state index contributed by atoms with van der Waals surface area (Å²) in [5, 5.41) is 12.4. The van der Waals surface area contributed by atoms with Crippen LogP contribution in [0.2, 0.25) is 0 Å². The predicted octanol–water partition coefficient (Wildman–Crippen LogP) is 3.11. The molecule has 2 rings (SSSR count). The first-order valence-electron chi connectivity index (χ1n) is 9.97. The summed E-state index contributed by atoms with van der Waals surface area (Å²) in [6.45, 7) is 2.82. The lowest BCUT2D eigenvalue weighted by Gasteiger charge is -2.31. The van der Waals surface area contributed by atoms with E-state index in [1.54, 1.807) is 12.1 Å². The van der Waals surface area contributed by atoms with Gasteiger partial charge in [0.2, 0.25) is 5.78 Å². The number of Topliss-reactive ketones (excluding diaryl/α,β-unsaturated/α-hetero) is 1. The number of nitrogens with zero attached hydrogens (tertiary/aromatic N) is 1. The van der Waals surface area contributed by atoms with Crippen LogP contribution >= 0.6 is 0 Å². The quantitative estimate of drug-likeness (QED) is 0.332. The molecule has 1 aromatic carbocycles. The van der Waals surface area contributed by atoms with Gasteiger partial charge in [0.1, 0.15) is 5.82 Å². The Balaban J connectivity index is 2.15. The van der Waals surface area contributed by atoms with Crippen molar-refractivity contribution in [3.63, 3.8) is 0 Å². The third-order valence-electron chi connectivity index (χ3n) is 5.31. The summed E-state index contributed by atoms with van der Waals surface area (Å²) >= 11 is 0. The molecule has 1 saturated heterocycles. The number of benzene rings is 1. The van der Waals surface area contributed by atoms with Gasteiger partial charge < -0.3 is 10.4 Å². The Hall–Kier alpha value is -1.63. The van der Waals surface area contributed by atoms with E-state index in [1.807, 2.05) is 4.90 Å². The van der Waals surface area contributed by atoms with Crippen LogP contribution in [-0.2, 0) is 16.2 Å². The van der Waals surface area contributed by atoms with Crippen molar-refractivity contribution >= 4 is 12.1 Å². The zero-order valence-corrected chi connectivity index (χ0v) is 16.1. The van der Waals surface area contributed by atoms with Crippen molar-refractivity contribution in [1.29, 1.82) is 0 Å². The van der Waals surface area contributed by atoms with Crippen LogP contribution in [0, 0.1) is 5.82 Å². The molecule has 0 spiro atoms. The van der Waals surface area contributed by atoms with Crippen molar-refractivity contribution in [2.45, 2.75) is 70.6 Å². The number of hydrogen-bond acceptors (Lipinski definition) is 5. The first-order valence-corrected chi connectivity index (χ1v) is 9.97. The maximum atomic E-state index is 14.7. The van der Waals surface area contributed by atoms with Gasteiger partial charge in [-0.05, 0) is 18.1 Å². The van der Waals surface area contributed by atoms with Gasteiger partial charge in [-0.25, -0.2) is 4.39 Å². The van der Waals surface area contributed by atoms with E-state index in [0.717, 1.165) is 25.7 Å². The van der Waals surface area contributed by atoms with Gasteiger partial charge in [0.05, 0.1) is 12.6 Å². The van der Waals surface area contributed by atoms with Gasteiger partial charge in [0, 0.05) is 24.8 Å². The molecule has 1 aromatic rings. The van der Waals surface area contributed by atoms with Crippen LogP contribution in [-0.4, -0.2) is 41.3 Å². The molecule has 0 radical (unpaired) electrons. The molecule has 1 aliphatic rings. The lowest BCUT2D eigenvalue weighted by molar-refractivity contribution is -0.133. The van der Waals surface area contributed by atoms with E-state index in [4.69, 9.17) is 0 Å². The third-order valence-corrected chi connectivity index (χ3v) is 5.31. The smallest absolute Gasteiger partial charge is 0.213 e. The minimum atomic E-state index is -0.551. The predicted molar refractivity (Wildman–Crippen MR) is 103 cm³/mol. The van der Waals surface area contributed by atoms with Crippen LogP contribution in [0.5, 0.6) is 0 Å². The van der Waals surface area contributed by atoms with Gasteiger partial charge in [0.15, 0.2) is 6.29 Å². The number of hydrogen-bond donors (Lipinski definition) is 2. The fourth-order valence-corrected chi connectivity index (χ4v) is 3.79. The maximum Gasteiger partial charge on any atom is 0.213 e. The molecule has 0 bridgehead atoms. The summed E-state index contributed by atoms with van der Waals surface area (Å²) in [6, 6.07) is 3.94. The monoisotopic (exact) mass is 378 g/mol. The van der Waals surface area contributed by atoms with Crippen molar-refractivity contribution in [2.24, 2.45) is 0 Å². The standard InChI is InChI=1S/C21H31FN2O3/c1-2-3-4-5-6-7-8-19(17-10-9-16(13-25)11-18(17)22)24-15-23-12-20(24)21(27)14-26/h9-11,14,19-20,23,25H,2-8,12-13,15H2,1H3. The first kappa shape index (κ1) is 21.7. The van der Waals surface area contributed by atoms with E-state index in [2.05, 4.69) is 12.2 Å². The van der Waals surface area contributed by atoms with E-state index < -0.39 is 11.8 Å². The fourth-order valence-electron chi connectivity index (χ4n) is 3.79. The summed E-state index contributed by atoms with van der Waals surface area (Å²) in [5.41, 5.74) is 1.04. The van der Waals surface area contributed by atoms with E-state index in [0.29, 0.717) is 30.6 Å². The topological polar surface area (TPSA) is 69.6 Å². The number of halogens is 1. The Morgan fingerprint density at radius 1 is 1.33 bits per heavy atom. The molecule has 6 heteroatoms. The molecule has 0 amide bonds. The molecule has 0 saturated carbocycles. The van der Waals surface area contributed by atoms with E-state index >= 15 is 0 Å². The molecular weight excluding hydrogens is 347 g/mol. The fraction of sp³-hybridized carbons (Fsp3) is 0.619. The molecule has 0 aromatic heterocycles. The normalized spacial score (nSPS) is 18.6. The number of ketones is 1. The number of nitrogens with one attached hydrogen (secondary N) is 1. The van der Waals surface area contributed by atoms with Crippen LogP contribution in [0.25, 0.3) is 0 Å². The van der Waals surface area contributed by atoms with Crippen molar-refractivity contribution in [2.75, 3.05) is 13.2 Å². The Morgan fingerprint density at radius 2 is 2.07 bits per heavy atom. The SMILES string of the molecule is CCCCCCCCC(c1ccc(CO)cc1F)N1CNCC1C(=O)C=O. The zero-order chi connectivity index (χ0) is 19.6. The molecule has 27 heavy (non-hydrogen) atoms.